The van der Waals surface area contributed by atoms with Crippen LogP contribution in [0.25, 0.3) is 0 Å². The van der Waals surface area contributed by atoms with Gasteiger partial charge >= 0.3 is 5.97 Å². The monoisotopic (exact) mass is 282 g/mol. The van der Waals surface area contributed by atoms with Crippen molar-refractivity contribution in [2.75, 3.05) is 4.72 Å². The molecular formula is C11H10N2O5S. The molecule has 19 heavy (non-hydrogen) atoms. The molecule has 0 spiro atoms. The minimum Gasteiger partial charge on any atom is -0.478 e. The van der Waals surface area contributed by atoms with Gasteiger partial charge in [0.25, 0.3) is 10.0 Å². The van der Waals surface area contributed by atoms with Gasteiger partial charge in [-0.2, -0.15) is 0 Å². The number of sulfonamides is 1. The maximum Gasteiger partial charge on any atom is 0.335 e. The Bertz CT molecular complexity index is 720. The van der Waals surface area contributed by atoms with E-state index in [1.54, 1.807) is 6.92 Å². The minimum atomic E-state index is -3.90. The smallest absolute Gasteiger partial charge is 0.335 e. The molecule has 7 nitrogen and oxygen atoms in total. The summed E-state index contributed by atoms with van der Waals surface area (Å²) in [5.41, 5.74) is 0.411. The average molecular weight is 282 g/mol. The molecule has 0 fully saturated rings. The van der Waals surface area contributed by atoms with E-state index >= 15 is 0 Å². The summed E-state index contributed by atoms with van der Waals surface area (Å²) in [6.45, 7) is 1.65. The number of carboxylic acid groups (broad SMARTS) is 1. The molecule has 8 heteroatoms. The van der Waals surface area contributed by atoms with Gasteiger partial charge in [0.1, 0.15) is 0 Å². The van der Waals surface area contributed by atoms with Crippen molar-refractivity contribution < 1.29 is 22.8 Å². The fourth-order valence-electron chi connectivity index (χ4n) is 1.40. The van der Waals surface area contributed by atoms with Gasteiger partial charge in [0.2, 0.25) is 5.88 Å². The highest BCUT2D eigenvalue weighted by Gasteiger charge is 2.18. The van der Waals surface area contributed by atoms with Crippen molar-refractivity contribution in [3.63, 3.8) is 0 Å². The zero-order valence-electron chi connectivity index (χ0n) is 9.82. The van der Waals surface area contributed by atoms with Gasteiger partial charge < -0.3 is 9.63 Å². The first-order valence-electron chi connectivity index (χ1n) is 5.18. The molecule has 0 bridgehead atoms. The van der Waals surface area contributed by atoms with E-state index < -0.39 is 16.0 Å². The second kappa shape index (κ2) is 4.73. The third-order valence-corrected chi connectivity index (χ3v) is 3.60. The molecule has 0 amide bonds. The highest BCUT2D eigenvalue weighted by atomic mass is 32.2. The highest BCUT2D eigenvalue weighted by molar-refractivity contribution is 7.92. The molecule has 1 aromatic heterocycles. The Balaban J connectivity index is 2.34. The summed E-state index contributed by atoms with van der Waals surface area (Å²) in [5, 5.41) is 12.4. The number of carbonyl (C=O) groups is 1. The Morgan fingerprint density at radius 1 is 1.37 bits per heavy atom. The van der Waals surface area contributed by atoms with Gasteiger partial charge in [-0.1, -0.05) is 11.2 Å². The standard InChI is InChI=1S/C11H10N2O5S/c1-7-5-10(18-12-7)13-19(16,17)9-4-2-3-8(6-9)11(14)15/h2-6,13H,1H3,(H,14,15). The lowest BCUT2D eigenvalue weighted by Gasteiger charge is -2.05. The number of hydrogen-bond acceptors (Lipinski definition) is 5. The molecule has 2 aromatic rings. The van der Waals surface area contributed by atoms with Gasteiger partial charge in [-0.05, 0) is 25.1 Å². The number of aryl methyl sites for hydroxylation is 1. The van der Waals surface area contributed by atoms with Crippen molar-refractivity contribution in [3.05, 3.63) is 41.6 Å². The second-order valence-corrected chi connectivity index (χ2v) is 5.45. The minimum absolute atomic E-state index is 0.0294. The van der Waals surface area contributed by atoms with E-state index in [0.29, 0.717) is 5.69 Å². The summed E-state index contributed by atoms with van der Waals surface area (Å²) in [4.78, 5) is 10.6. The Labute approximate surface area is 108 Å². The molecule has 100 valence electrons. The molecular weight excluding hydrogens is 272 g/mol. The third-order valence-electron chi connectivity index (χ3n) is 2.25. The van der Waals surface area contributed by atoms with Crippen LogP contribution < -0.4 is 4.72 Å². The first-order chi connectivity index (χ1) is 8.88. The predicted octanol–water partition coefficient (Wildman–Crippen LogP) is 1.48. The first kappa shape index (κ1) is 13.1. The van der Waals surface area contributed by atoms with E-state index in [-0.39, 0.29) is 16.3 Å². The van der Waals surface area contributed by atoms with Crippen LogP contribution in [0.5, 0.6) is 0 Å². The fraction of sp³-hybridized carbons (Fsp3) is 0.0909. The summed E-state index contributed by atoms with van der Waals surface area (Å²) in [5.74, 6) is -1.23. The number of nitrogens with one attached hydrogen (secondary N) is 1. The zero-order valence-corrected chi connectivity index (χ0v) is 10.6. The summed E-state index contributed by atoms with van der Waals surface area (Å²) in [6.07, 6.45) is 0. The van der Waals surface area contributed by atoms with E-state index in [2.05, 4.69) is 9.88 Å². The molecule has 0 radical (unpaired) electrons. The summed E-state index contributed by atoms with van der Waals surface area (Å²) in [6, 6.07) is 6.42. The van der Waals surface area contributed by atoms with E-state index in [0.717, 1.165) is 6.07 Å². The van der Waals surface area contributed by atoms with Crippen molar-refractivity contribution in [2.24, 2.45) is 0 Å². The zero-order chi connectivity index (χ0) is 14.0. The van der Waals surface area contributed by atoms with E-state index in [9.17, 15) is 13.2 Å². The van der Waals surface area contributed by atoms with Crippen molar-refractivity contribution in [3.8, 4) is 0 Å². The maximum absolute atomic E-state index is 12.0. The summed E-state index contributed by atoms with van der Waals surface area (Å²) in [7, 11) is -3.90. The highest BCUT2D eigenvalue weighted by Crippen LogP contribution is 2.17. The molecule has 0 aliphatic heterocycles. The molecule has 1 heterocycles. The van der Waals surface area contributed by atoms with Crippen LogP contribution in [0.4, 0.5) is 5.88 Å². The van der Waals surface area contributed by atoms with Gasteiger partial charge in [0.15, 0.2) is 0 Å². The van der Waals surface area contributed by atoms with Gasteiger partial charge in [0, 0.05) is 6.07 Å². The van der Waals surface area contributed by atoms with Crippen LogP contribution in [-0.2, 0) is 10.0 Å². The Hall–Kier alpha value is -2.35. The molecule has 0 aliphatic carbocycles. The van der Waals surface area contributed by atoms with Gasteiger partial charge in [-0.15, -0.1) is 0 Å². The normalized spacial score (nSPS) is 11.2. The van der Waals surface area contributed by atoms with Crippen LogP contribution in [0.2, 0.25) is 0 Å². The van der Waals surface area contributed by atoms with Crippen LogP contribution in [0, 0.1) is 6.92 Å². The Morgan fingerprint density at radius 2 is 2.11 bits per heavy atom. The van der Waals surface area contributed by atoms with E-state index in [4.69, 9.17) is 9.63 Å². The van der Waals surface area contributed by atoms with Gasteiger partial charge in [-0.3, -0.25) is 0 Å². The summed E-state index contributed by atoms with van der Waals surface area (Å²) >= 11 is 0. The SMILES string of the molecule is Cc1cc(NS(=O)(=O)c2cccc(C(=O)O)c2)on1. The van der Waals surface area contributed by atoms with Gasteiger partial charge in [0.05, 0.1) is 16.2 Å². The van der Waals surface area contributed by atoms with Crippen molar-refractivity contribution in [1.29, 1.82) is 0 Å². The molecule has 2 rings (SSSR count). The second-order valence-electron chi connectivity index (χ2n) is 3.77. The molecule has 0 aliphatic rings. The number of rotatable bonds is 4. The quantitative estimate of drug-likeness (QED) is 0.879. The molecule has 2 N–H and O–H groups in total. The van der Waals surface area contributed by atoms with Crippen molar-refractivity contribution >= 4 is 21.9 Å². The third kappa shape index (κ3) is 2.91. The number of nitrogens with zero attached hydrogens (tertiary/aromatic N) is 1. The van der Waals surface area contributed by atoms with E-state index in [1.165, 1.54) is 24.3 Å². The van der Waals surface area contributed by atoms with Crippen LogP contribution in [0.1, 0.15) is 16.1 Å². The lowest BCUT2D eigenvalue weighted by Crippen LogP contribution is -2.13. The molecule has 0 unspecified atom stereocenters. The molecule has 0 saturated carbocycles. The topological polar surface area (TPSA) is 110 Å². The largest absolute Gasteiger partial charge is 0.478 e. The van der Waals surface area contributed by atoms with Crippen LogP contribution in [-0.4, -0.2) is 24.7 Å². The van der Waals surface area contributed by atoms with Crippen LogP contribution in [0.15, 0.2) is 39.8 Å². The van der Waals surface area contributed by atoms with Gasteiger partial charge in [-0.25, -0.2) is 17.9 Å². The molecule has 0 atom stereocenters. The number of hydrogen-bond donors (Lipinski definition) is 2. The fourth-order valence-corrected chi connectivity index (χ4v) is 2.42. The number of aromatic carboxylic acids is 1. The predicted molar refractivity (Wildman–Crippen MR) is 65.4 cm³/mol. The first-order valence-corrected chi connectivity index (χ1v) is 6.66. The number of carboxylic acids is 1. The molecule has 1 aromatic carbocycles. The van der Waals surface area contributed by atoms with E-state index in [1.807, 2.05) is 0 Å². The molecule has 0 saturated heterocycles. The van der Waals surface area contributed by atoms with Crippen LogP contribution >= 0.6 is 0 Å². The van der Waals surface area contributed by atoms with Crippen LogP contribution in [0.3, 0.4) is 0 Å². The lowest BCUT2D eigenvalue weighted by atomic mass is 10.2. The Morgan fingerprint density at radius 3 is 2.68 bits per heavy atom. The maximum atomic E-state index is 12.0. The average Bonchev–Trinajstić information content (AvgIpc) is 2.74. The Kier molecular flexibility index (Phi) is 3.26. The lowest BCUT2D eigenvalue weighted by molar-refractivity contribution is 0.0696. The van der Waals surface area contributed by atoms with Crippen molar-refractivity contribution in [2.45, 2.75) is 11.8 Å². The van der Waals surface area contributed by atoms with Crippen molar-refractivity contribution in [1.82, 2.24) is 5.16 Å². The number of anilines is 1. The summed E-state index contributed by atoms with van der Waals surface area (Å²) < 4.78 is 30.9. The number of aromatic nitrogens is 1. The number of benzene rings is 1.